The first-order valence-electron chi connectivity index (χ1n) is 7.89. The molecule has 1 aromatic rings. The van der Waals surface area contributed by atoms with Gasteiger partial charge < -0.3 is 15.2 Å². The molecule has 5 heteroatoms. The van der Waals surface area contributed by atoms with E-state index in [1.807, 2.05) is 0 Å². The fourth-order valence-electron chi connectivity index (χ4n) is 2.77. The average Bonchev–Trinajstić information content (AvgIpc) is 2.48. The molecule has 2 rings (SSSR count). The molecule has 1 N–H and O–H groups in total. The molecule has 22 heavy (non-hydrogen) atoms. The van der Waals surface area contributed by atoms with Crippen LogP contribution >= 0.6 is 11.8 Å². The lowest BCUT2D eigenvalue weighted by Gasteiger charge is -2.21. The van der Waals surface area contributed by atoms with E-state index in [9.17, 15) is 14.7 Å². The van der Waals surface area contributed by atoms with Crippen LogP contribution in [-0.2, 0) is 4.79 Å². The molecule has 0 saturated heterocycles. The highest BCUT2D eigenvalue weighted by molar-refractivity contribution is 8.00. The van der Waals surface area contributed by atoms with Gasteiger partial charge in [0.05, 0.1) is 11.7 Å². The van der Waals surface area contributed by atoms with Crippen molar-refractivity contribution < 1.29 is 14.7 Å². The molecular weight excluding hydrogens is 298 g/mol. The number of hydrogen-bond acceptors (Lipinski definition) is 4. The molecule has 0 radical (unpaired) electrons. The number of carbonyl (C=O) groups excluding carboxylic acids is 2. The van der Waals surface area contributed by atoms with Gasteiger partial charge in [0.2, 0.25) is 5.91 Å². The van der Waals surface area contributed by atoms with Gasteiger partial charge in [0.25, 0.3) is 0 Å². The van der Waals surface area contributed by atoms with Gasteiger partial charge >= 0.3 is 0 Å². The topological polar surface area (TPSA) is 69.2 Å². The lowest BCUT2D eigenvalue weighted by molar-refractivity contribution is -0.255. The van der Waals surface area contributed by atoms with Crippen molar-refractivity contribution in [1.29, 1.82) is 0 Å². The molecule has 1 aliphatic carbocycles. The summed E-state index contributed by atoms with van der Waals surface area (Å²) in [5.41, 5.74) is 0.145. The maximum Gasteiger partial charge on any atom is 0.230 e. The third-order valence-electron chi connectivity index (χ3n) is 3.94. The molecule has 0 aromatic heterocycles. The minimum atomic E-state index is -1.21. The van der Waals surface area contributed by atoms with Crippen molar-refractivity contribution >= 4 is 23.6 Å². The average molecular weight is 320 g/mol. The van der Waals surface area contributed by atoms with Crippen molar-refractivity contribution in [3.05, 3.63) is 29.8 Å². The van der Waals surface area contributed by atoms with Crippen molar-refractivity contribution in [2.75, 3.05) is 5.75 Å². The van der Waals surface area contributed by atoms with Crippen LogP contribution in [0, 0.1) is 0 Å². The summed E-state index contributed by atoms with van der Waals surface area (Å²) in [5.74, 6) is -0.992. The summed E-state index contributed by atoms with van der Waals surface area (Å²) in [5, 5.41) is 14.1. The summed E-state index contributed by atoms with van der Waals surface area (Å²) in [6.45, 7) is 0. The Morgan fingerprint density at radius 3 is 2.41 bits per heavy atom. The fourth-order valence-corrected chi connectivity index (χ4v) is 3.63. The van der Waals surface area contributed by atoms with E-state index in [1.165, 1.54) is 49.9 Å². The largest absolute Gasteiger partial charge is 0.545 e. The van der Waals surface area contributed by atoms with Crippen molar-refractivity contribution in [3.63, 3.8) is 0 Å². The lowest BCUT2D eigenvalue weighted by Crippen LogP contribution is -2.36. The maximum atomic E-state index is 12.1. The van der Waals surface area contributed by atoms with Gasteiger partial charge in [0.1, 0.15) is 0 Å². The normalized spacial score (nSPS) is 16.5. The number of rotatable bonds is 5. The van der Waals surface area contributed by atoms with Crippen LogP contribution in [0.2, 0.25) is 0 Å². The zero-order valence-corrected chi connectivity index (χ0v) is 13.5. The molecule has 4 nitrogen and oxygen atoms in total. The third kappa shape index (κ3) is 5.37. The smallest absolute Gasteiger partial charge is 0.230 e. The van der Waals surface area contributed by atoms with E-state index in [2.05, 4.69) is 5.32 Å². The van der Waals surface area contributed by atoms with Gasteiger partial charge in [-0.3, -0.25) is 4.79 Å². The molecule has 0 unspecified atom stereocenters. The summed E-state index contributed by atoms with van der Waals surface area (Å²) in [4.78, 5) is 23.7. The van der Waals surface area contributed by atoms with E-state index in [-0.39, 0.29) is 23.3 Å². The number of nitrogens with one attached hydrogen (secondary N) is 1. The van der Waals surface area contributed by atoms with E-state index in [4.69, 9.17) is 0 Å². The highest BCUT2D eigenvalue weighted by atomic mass is 32.2. The molecule has 0 heterocycles. The molecule has 1 aliphatic rings. The first-order valence-corrected chi connectivity index (χ1v) is 8.88. The number of amides is 1. The van der Waals surface area contributed by atoms with Gasteiger partial charge in [-0.15, -0.1) is 11.8 Å². The molecule has 1 aromatic carbocycles. The quantitative estimate of drug-likeness (QED) is 0.846. The maximum absolute atomic E-state index is 12.1. The van der Waals surface area contributed by atoms with E-state index < -0.39 is 5.97 Å². The second-order valence-corrected chi connectivity index (χ2v) is 6.70. The van der Waals surface area contributed by atoms with Crippen LogP contribution in [0.3, 0.4) is 0 Å². The van der Waals surface area contributed by atoms with Crippen LogP contribution in [0.25, 0.3) is 0 Å². The number of hydrogen-bond donors (Lipinski definition) is 1. The Bertz CT molecular complexity index is 510. The van der Waals surface area contributed by atoms with Gasteiger partial charge in [-0.1, -0.05) is 50.3 Å². The number of carboxylic acids is 1. The number of benzene rings is 1. The van der Waals surface area contributed by atoms with Gasteiger partial charge in [-0.25, -0.2) is 0 Å². The number of aromatic carboxylic acids is 1. The second-order valence-electron chi connectivity index (χ2n) is 5.68. The summed E-state index contributed by atoms with van der Waals surface area (Å²) in [6, 6.07) is 6.90. The van der Waals surface area contributed by atoms with E-state index >= 15 is 0 Å². The number of carboxylic acid groups (broad SMARTS) is 1. The molecule has 1 fully saturated rings. The molecule has 0 spiro atoms. The first-order chi connectivity index (χ1) is 10.7. The van der Waals surface area contributed by atoms with Crippen molar-refractivity contribution in [2.24, 2.45) is 0 Å². The van der Waals surface area contributed by atoms with Crippen molar-refractivity contribution in [2.45, 2.75) is 55.9 Å². The van der Waals surface area contributed by atoms with Crippen LogP contribution < -0.4 is 10.4 Å². The molecule has 0 bridgehead atoms. The van der Waals surface area contributed by atoms with Crippen LogP contribution in [-0.4, -0.2) is 23.7 Å². The molecule has 120 valence electrons. The van der Waals surface area contributed by atoms with Gasteiger partial charge in [0, 0.05) is 16.5 Å². The SMILES string of the molecule is O=C(CSc1ccccc1C(=O)[O-])NC1CCCCCCC1. The van der Waals surface area contributed by atoms with Crippen LogP contribution in [0.4, 0.5) is 0 Å². The second kappa shape index (κ2) is 8.83. The molecule has 1 saturated carbocycles. The Morgan fingerprint density at radius 1 is 1.09 bits per heavy atom. The molecule has 0 aliphatic heterocycles. The van der Waals surface area contributed by atoms with Crippen LogP contribution in [0.1, 0.15) is 55.3 Å². The van der Waals surface area contributed by atoms with Crippen LogP contribution in [0.5, 0.6) is 0 Å². The predicted octanol–water partition coefficient (Wildman–Crippen LogP) is 2.37. The first kappa shape index (κ1) is 16.9. The van der Waals surface area contributed by atoms with Crippen molar-refractivity contribution in [3.8, 4) is 0 Å². The van der Waals surface area contributed by atoms with E-state index in [1.54, 1.807) is 18.2 Å². The Labute approximate surface area is 135 Å². The Balaban J connectivity index is 1.83. The highest BCUT2D eigenvalue weighted by Crippen LogP contribution is 2.22. The minimum absolute atomic E-state index is 0.0243. The Hall–Kier alpha value is -1.49. The van der Waals surface area contributed by atoms with Crippen molar-refractivity contribution in [1.82, 2.24) is 5.32 Å². The highest BCUT2D eigenvalue weighted by Gasteiger charge is 2.14. The molecule has 1 amide bonds. The standard InChI is InChI=1S/C17H23NO3S/c19-16(18-13-8-4-2-1-3-5-9-13)12-22-15-11-7-6-10-14(15)17(20)21/h6-7,10-11,13H,1-5,8-9,12H2,(H,18,19)(H,20,21)/p-1. The molecular formula is C17H22NO3S-. The number of thioether (sulfide) groups is 1. The minimum Gasteiger partial charge on any atom is -0.545 e. The van der Waals surface area contributed by atoms with Gasteiger partial charge in [-0.05, 0) is 18.9 Å². The summed E-state index contributed by atoms with van der Waals surface area (Å²) in [7, 11) is 0. The van der Waals surface area contributed by atoms with E-state index in [0.717, 1.165) is 12.8 Å². The predicted molar refractivity (Wildman–Crippen MR) is 85.7 cm³/mol. The van der Waals surface area contributed by atoms with E-state index in [0.29, 0.717) is 4.90 Å². The fraction of sp³-hybridized carbons (Fsp3) is 0.529. The number of carbonyl (C=O) groups is 2. The zero-order valence-electron chi connectivity index (χ0n) is 12.7. The summed E-state index contributed by atoms with van der Waals surface area (Å²) in [6.07, 6.45) is 8.24. The van der Waals surface area contributed by atoms with Gasteiger partial charge in [0.15, 0.2) is 0 Å². The summed E-state index contributed by atoms with van der Waals surface area (Å²) >= 11 is 1.25. The zero-order chi connectivity index (χ0) is 15.8. The third-order valence-corrected chi connectivity index (χ3v) is 5.01. The van der Waals surface area contributed by atoms with Crippen LogP contribution in [0.15, 0.2) is 29.2 Å². The molecule has 0 atom stereocenters. The summed E-state index contributed by atoms with van der Waals surface area (Å²) < 4.78 is 0. The monoisotopic (exact) mass is 320 g/mol. The lowest BCUT2D eigenvalue weighted by atomic mass is 9.97. The Morgan fingerprint density at radius 2 is 1.73 bits per heavy atom. The Kier molecular flexibility index (Phi) is 6.77. The van der Waals surface area contributed by atoms with Gasteiger partial charge in [-0.2, -0.15) is 0 Å².